The SMILES string of the molecule is CC/C=C\C/C=C\C/C=C\C/C=C\CCCCC(=O)OC(COC(=O)CCCCCCC/C=C\C/C=C\C/C=C\CC)COC1OC(CS(=O)(=O)O)C(O)C(O)C1O. The predicted octanol–water partition coefficient (Wildman–Crippen LogP) is 8.11. The first-order chi connectivity index (χ1) is 28.0. The summed E-state index contributed by atoms with van der Waals surface area (Å²) in [7, 11) is -4.61. The van der Waals surface area contributed by atoms with Crippen molar-refractivity contribution in [2.75, 3.05) is 19.0 Å². The molecule has 13 heteroatoms. The Kier molecular flexibility index (Phi) is 31.6. The molecular weight excluding hydrogens is 765 g/mol. The second kappa shape index (κ2) is 34.7. The van der Waals surface area contributed by atoms with Gasteiger partial charge in [0.15, 0.2) is 12.4 Å². The Labute approximate surface area is 348 Å². The molecule has 6 unspecified atom stereocenters. The molecule has 0 aromatic carbocycles. The van der Waals surface area contributed by atoms with Crippen molar-refractivity contribution in [1.82, 2.24) is 0 Å². The zero-order valence-electron chi connectivity index (χ0n) is 34.9. The topological polar surface area (TPSA) is 186 Å². The van der Waals surface area contributed by atoms with Crippen molar-refractivity contribution in [3.63, 3.8) is 0 Å². The monoisotopic (exact) mass is 836 g/mol. The summed E-state index contributed by atoms with van der Waals surface area (Å²) in [5.41, 5.74) is 0. The maximum Gasteiger partial charge on any atom is 0.306 e. The average molecular weight is 837 g/mol. The van der Waals surface area contributed by atoms with Gasteiger partial charge in [-0.3, -0.25) is 14.1 Å². The van der Waals surface area contributed by atoms with E-state index >= 15 is 0 Å². The van der Waals surface area contributed by atoms with Gasteiger partial charge in [-0.2, -0.15) is 8.42 Å². The number of rotatable bonds is 33. The number of hydrogen-bond acceptors (Lipinski definition) is 11. The van der Waals surface area contributed by atoms with E-state index in [0.717, 1.165) is 89.9 Å². The molecule has 330 valence electrons. The zero-order chi connectivity index (χ0) is 42.7. The molecule has 58 heavy (non-hydrogen) atoms. The molecular formula is C45H72O12S. The van der Waals surface area contributed by atoms with E-state index in [0.29, 0.717) is 12.8 Å². The van der Waals surface area contributed by atoms with E-state index in [9.17, 15) is 37.9 Å². The Morgan fingerprint density at radius 1 is 0.586 bits per heavy atom. The lowest BCUT2D eigenvalue weighted by molar-refractivity contribution is -0.297. The van der Waals surface area contributed by atoms with Crippen LogP contribution in [-0.4, -0.2) is 96.0 Å². The fourth-order valence-electron chi connectivity index (χ4n) is 5.74. The van der Waals surface area contributed by atoms with Gasteiger partial charge in [-0.1, -0.05) is 118 Å². The van der Waals surface area contributed by atoms with E-state index in [4.69, 9.17) is 18.9 Å². The van der Waals surface area contributed by atoms with Gasteiger partial charge in [-0.15, -0.1) is 0 Å². The molecule has 0 spiro atoms. The number of ether oxygens (including phenoxy) is 4. The van der Waals surface area contributed by atoms with Crippen LogP contribution >= 0.6 is 0 Å². The van der Waals surface area contributed by atoms with Crippen molar-refractivity contribution in [3.8, 4) is 0 Å². The highest BCUT2D eigenvalue weighted by molar-refractivity contribution is 7.85. The molecule has 0 aliphatic carbocycles. The van der Waals surface area contributed by atoms with Gasteiger partial charge in [0.05, 0.1) is 6.61 Å². The summed E-state index contributed by atoms with van der Waals surface area (Å²) in [5.74, 6) is -2.08. The molecule has 6 atom stereocenters. The molecule has 0 amide bonds. The molecule has 1 rings (SSSR count). The lowest BCUT2D eigenvalue weighted by atomic mass is 10.00. The smallest absolute Gasteiger partial charge is 0.306 e. The Morgan fingerprint density at radius 3 is 1.57 bits per heavy atom. The van der Waals surface area contributed by atoms with Crippen molar-refractivity contribution in [2.45, 2.75) is 166 Å². The zero-order valence-corrected chi connectivity index (χ0v) is 35.7. The Bertz CT molecular complexity index is 1400. The minimum absolute atomic E-state index is 0.103. The molecule has 0 radical (unpaired) electrons. The molecule has 1 heterocycles. The number of allylic oxidation sites excluding steroid dienone is 14. The van der Waals surface area contributed by atoms with Crippen LogP contribution in [0.1, 0.15) is 129 Å². The molecule has 1 aliphatic heterocycles. The minimum atomic E-state index is -4.61. The third-order valence-corrected chi connectivity index (χ3v) is 9.72. The molecule has 0 aromatic rings. The van der Waals surface area contributed by atoms with Gasteiger partial charge in [0.2, 0.25) is 0 Å². The fourth-order valence-corrected chi connectivity index (χ4v) is 6.43. The van der Waals surface area contributed by atoms with Crippen LogP contribution in [0, 0.1) is 0 Å². The molecule has 0 bridgehead atoms. The quantitative estimate of drug-likeness (QED) is 0.0216. The van der Waals surface area contributed by atoms with E-state index in [1.54, 1.807) is 0 Å². The Balaban J connectivity index is 2.53. The molecule has 0 saturated carbocycles. The van der Waals surface area contributed by atoms with Crippen molar-refractivity contribution >= 4 is 22.1 Å². The second-order valence-corrected chi connectivity index (χ2v) is 15.7. The van der Waals surface area contributed by atoms with Gasteiger partial charge in [-0.25, -0.2) is 0 Å². The van der Waals surface area contributed by atoms with Crippen molar-refractivity contribution in [2.24, 2.45) is 0 Å². The number of aliphatic hydroxyl groups is 3. The average Bonchev–Trinajstić information content (AvgIpc) is 3.18. The fraction of sp³-hybridized carbons (Fsp3) is 0.644. The first-order valence-corrected chi connectivity index (χ1v) is 22.8. The number of aliphatic hydroxyl groups excluding tert-OH is 3. The van der Waals surface area contributed by atoms with Crippen molar-refractivity contribution in [1.29, 1.82) is 0 Å². The van der Waals surface area contributed by atoms with E-state index in [2.05, 4.69) is 98.9 Å². The molecule has 1 saturated heterocycles. The Hall–Kier alpha value is -3.17. The van der Waals surface area contributed by atoms with Crippen molar-refractivity contribution in [3.05, 3.63) is 85.1 Å². The van der Waals surface area contributed by atoms with Crippen LogP contribution in [0.25, 0.3) is 0 Å². The van der Waals surface area contributed by atoms with Crippen molar-refractivity contribution < 1.29 is 56.8 Å². The molecule has 12 nitrogen and oxygen atoms in total. The van der Waals surface area contributed by atoms with E-state index in [1.165, 1.54) is 0 Å². The normalized spacial score (nSPS) is 21.2. The third kappa shape index (κ3) is 29.1. The van der Waals surface area contributed by atoms with Gasteiger partial charge in [-0.05, 0) is 83.5 Å². The van der Waals surface area contributed by atoms with Crippen LogP contribution in [0.2, 0.25) is 0 Å². The summed E-state index contributed by atoms with van der Waals surface area (Å²) in [5, 5.41) is 30.8. The van der Waals surface area contributed by atoms with Gasteiger partial charge in [0, 0.05) is 12.8 Å². The van der Waals surface area contributed by atoms with Gasteiger partial charge in [0.25, 0.3) is 10.1 Å². The van der Waals surface area contributed by atoms with Gasteiger partial charge < -0.3 is 34.3 Å². The Morgan fingerprint density at radius 2 is 1.03 bits per heavy atom. The standard InChI is InChI=1S/C45H72O12S/c1-3-5-7-9-11-13-15-17-19-21-23-25-27-29-31-33-40(46)54-35-38(36-55-45-44(50)43(49)42(48)39(57-45)37-58(51,52)53)56-41(47)34-32-30-28-26-24-22-20-18-16-14-12-10-8-6-4-2/h5-8,11-14,17-20,24,26,38-39,42-45,48-50H,3-4,9-10,15-16,21-23,25,27-37H2,1-2H3,(H,51,52,53)/b7-5-,8-6-,13-11-,14-12-,19-17-,20-18-,26-24-. The van der Waals surface area contributed by atoms with Crippen LogP contribution in [0.4, 0.5) is 0 Å². The van der Waals surface area contributed by atoms with Crippen LogP contribution in [0.15, 0.2) is 85.1 Å². The molecule has 1 aliphatic rings. The van der Waals surface area contributed by atoms with Gasteiger partial charge in [0.1, 0.15) is 36.8 Å². The third-order valence-electron chi connectivity index (χ3n) is 8.97. The number of esters is 2. The highest BCUT2D eigenvalue weighted by atomic mass is 32.2. The first-order valence-electron chi connectivity index (χ1n) is 21.1. The first kappa shape index (κ1) is 52.8. The van der Waals surface area contributed by atoms with Gasteiger partial charge >= 0.3 is 11.9 Å². The largest absolute Gasteiger partial charge is 0.462 e. The summed E-state index contributed by atoms with van der Waals surface area (Å²) >= 11 is 0. The number of hydrogen-bond donors (Lipinski definition) is 4. The number of carbonyl (C=O) groups is 2. The summed E-state index contributed by atoms with van der Waals surface area (Å²) in [6.07, 6.45) is 34.9. The predicted molar refractivity (Wildman–Crippen MR) is 228 cm³/mol. The molecule has 4 N–H and O–H groups in total. The lowest BCUT2D eigenvalue weighted by Crippen LogP contribution is -2.60. The number of carbonyl (C=O) groups excluding carboxylic acids is 2. The summed E-state index contributed by atoms with van der Waals surface area (Å²) in [6.45, 7) is 3.45. The van der Waals surface area contributed by atoms with E-state index < -0.39 is 71.2 Å². The minimum Gasteiger partial charge on any atom is -0.462 e. The summed E-state index contributed by atoms with van der Waals surface area (Å²) in [6, 6.07) is 0. The van der Waals surface area contributed by atoms with E-state index in [1.807, 2.05) is 0 Å². The maximum atomic E-state index is 12.8. The molecule has 1 fully saturated rings. The summed E-state index contributed by atoms with van der Waals surface area (Å²) < 4.78 is 53.9. The molecule has 0 aromatic heterocycles. The lowest BCUT2D eigenvalue weighted by Gasteiger charge is -2.40. The highest BCUT2D eigenvalue weighted by Gasteiger charge is 2.46. The highest BCUT2D eigenvalue weighted by Crippen LogP contribution is 2.24. The second-order valence-electron chi connectivity index (χ2n) is 14.2. The van der Waals surface area contributed by atoms with E-state index in [-0.39, 0.29) is 19.4 Å². The summed E-state index contributed by atoms with van der Waals surface area (Å²) in [4.78, 5) is 25.3. The van der Waals surface area contributed by atoms with Crippen LogP contribution in [0.5, 0.6) is 0 Å². The maximum absolute atomic E-state index is 12.8. The van der Waals surface area contributed by atoms with Crippen LogP contribution in [-0.2, 0) is 38.7 Å². The van der Waals surface area contributed by atoms with Crippen LogP contribution in [0.3, 0.4) is 0 Å². The number of unbranched alkanes of at least 4 members (excludes halogenated alkanes) is 7. The van der Waals surface area contributed by atoms with Crippen LogP contribution < -0.4 is 0 Å².